The van der Waals surface area contributed by atoms with E-state index in [1.54, 1.807) is 6.07 Å². The summed E-state index contributed by atoms with van der Waals surface area (Å²) in [5, 5.41) is 0. The van der Waals surface area contributed by atoms with Crippen LogP contribution >= 0.6 is 50.5 Å². The lowest BCUT2D eigenvalue weighted by atomic mass is 10.0. The van der Waals surface area contributed by atoms with Gasteiger partial charge in [0.1, 0.15) is 5.82 Å². The van der Waals surface area contributed by atoms with Gasteiger partial charge in [-0.1, -0.05) is 39.1 Å². The van der Waals surface area contributed by atoms with Crippen molar-refractivity contribution in [3.63, 3.8) is 0 Å². The predicted molar refractivity (Wildman–Crippen MR) is 82.2 cm³/mol. The molecule has 0 aliphatic heterocycles. The van der Waals surface area contributed by atoms with Crippen LogP contribution in [0.5, 0.6) is 0 Å². The standard InChI is InChI=1S/C12H10BrCl2FN2S/c13-7-1-6(2-8(16)4-7)3-10(18-17)9-5-11(14)19-12(9)15/h1-2,4-5,10,18H,3,17H2. The minimum absolute atomic E-state index is 0.218. The number of hydrogen-bond acceptors (Lipinski definition) is 3. The molecule has 2 aromatic rings. The van der Waals surface area contributed by atoms with Crippen LogP contribution in [0, 0.1) is 5.82 Å². The van der Waals surface area contributed by atoms with E-state index in [0.29, 0.717) is 19.6 Å². The highest BCUT2D eigenvalue weighted by molar-refractivity contribution is 9.10. The van der Waals surface area contributed by atoms with Crippen LogP contribution in [0.4, 0.5) is 4.39 Å². The van der Waals surface area contributed by atoms with E-state index in [4.69, 9.17) is 29.0 Å². The number of nitrogens with one attached hydrogen (secondary N) is 1. The van der Waals surface area contributed by atoms with Crippen molar-refractivity contribution >= 4 is 50.5 Å². The van der Waals surface area contributed by atoms with Crippen LogP contribution in [0.2, 0.25) is 8.67 Å². The van der Waals surface area contributed by atoms with E-state index in [2.05, 4.69) is 21.4 Å². The van der Waals surface area contributed by atoms with E-state index in [1.807, 2.05) is 6.07 Å². The van der Waals surface area contributed by atoms with Gasteiger partial charge in [-0.3, -0.25) is 11.3 Å². The third-order valence-corrected chi connectivity index (χ3v) is 4.60. The van der Waals surface area contributed by atoms with E-state index in [0.717, 1.165) is 11.1 Å². The number of rotatable bonds is 4. The molecule has 0 spiro atoms. The van der Waals surface area contributed by atoms with Crippen molar-refractivity contribution in [2.24, 2.45) is 5.84 Å². The number of nitrogens with two attached hydrogens (primary N) is 1. The fourth-order valence-electron chi connectivity index (χ4n) is 1.81. The smallest absolute Gasteiger partial charge is 0.124 e. The van der Waals surface area contributed by atoms with Crippen LogP contribution in [-0.4, -0.2) is 0 Å². The molecule has 1 heterocycles. The van der Waals surface area contributed by atoms with Crippen LogP contribution in [0.1, 0.15) is 17.2 Å². The molecule has 0 bridgehead atoms. The van der Waals surface area contributed by atoms with Gasteiger partial charge in [0.25, 0.3) is 0 Å². The first-order chi connectivity index (χ1) is 8.99. The molecule has 3 N–H and O–H groups in total. The predicted octanol–water partition coefficient (Wildman–Crippen LogP) is 4.70. The van der Waals surface area contributed by atoms with Crippen molar-refractivity contribution in [3.8, 4) is 0 Å². The number of benzene rings is 1. The summed E-state index contributed by atoms with van der Waals surface area (Å²) in [4.78, 5) is 0. The Balaban J connectivity index is 2.26. The van der Waals surface area contributed by atoms with Crippen LogP contribution in [0.25, 0.3) is 0 Å². The Hall–Kier alpha value is -0.170. The second-order valence-electron chi connectivity index (χ2n) is 3.98. The van der Waals surface area contributed by atoms with Gasteiger partial charge in [0.05, 0.1) is 14.7 Å². The first kappa shape index (κ1) is 15.2. The van der Waals surface area contributed by atoms with E-state index < -0.39 is 0 Å². The zero-order valence-corrected chi connectivity index (χ0v) is 13.5. The Labute approximate surface area is 132 Å². The Morgan fingerprint density at radius 3 is 2.58 bits per heavy atom. The highest BCUT2D eigenvalue weighted by Crippen LogP contribution is 2.36. The molecule has 0 fully saturated rings. The van der Waals surface area contributed by atoms with E-state index in [1.165, 1.54) is 23.5 Å². The summed E-state index contributed by atoms with van der Waals surface area (Å²) in [6.45, 7) is 0. The quantitative estimate of drug-likeness (QED) is 0.592. The summed E-state index contributed by atoms with van der Waals surface area (Å²) in [5.41, 5.74) is 4.32. The summed E-state index contributed by atoms with van der Waals surface area (Å²) >= 11 is 16.6. The lowest BCUT2D eigenvalue weighted by Crippen LogP contribution is -2.29. The molecule has 1 atom stereocenters. The fourth-order valence-corrected chi connectivity index (χ4v) is 3.91. The molecule has 0 radical (unpaired) electrons. The summed E-state index contributed by atoms with van der Waals surface area (Å²) in [7, 11) is 0. The molecular weight excluding hydrogens is 374 g/mol. The van der Waals surface area contributed by atoms with Gasteiger partial charge in [-0.05, 0) is 36.2 Å². The topological polar surface area (TPSA) is 38.0 Å². The van der Waals surface area contributed by atoms with Crippen molar-refractivity contribution in [2.45, 2.75) is 12.5 Å². The molecule has 1 unspecified atom stereocenters. The molecule has 102 valence electrons. The van der Waals surface area contributed by atoms with Gasteiger partial charge in [0.2, 0.25) is 0 Å². The van der Waals surface area contributed by atoms with Crippen LogP contribution in [0.15, 0.2) is 28.7 Å². The SMILES string of the molecule is NNC(Cc1cc(F)cc(Br)c1)c1cc(Cl)sc1Cl. The summed E-state index contributed by atoms with van der Waals surface area (Å²) in [6.07, 6.45) is 0.514. The summed E-state index contributed by atoms with van der Waals surface area (Å²) in [5.74, 6) is 5.26. The molecule has 19 heavy (non-hydrogen) atoms. The van der Waals surface area contributed by atoms with Crippen molar-refractivity contribution in [3.05, 3.63) is 54.4 Å². The third-order valence-electron chi connectivity index (χ3n) is 2.62. The largest absolute Gasteiger partial charge is 0.271 e. The monoisotopic (exact) mass is 382 g/mol. The molecule has 2 nitrogen and oxygen atoms in total. The summed E-state index contributed by atoms with van der Waals surface area (Å²) < 4.78 is 15.2. The first-order valence-electron chi connectivity index (χ1n) is 5.35. The Bertz CT molecular complexity index is 571. The number of thiophene rings is 1. The zero-order valence-electron chi connectivity index (χ0n) is 9.59. The lowest BCUT2D eigenvalue weighted by molar-refractivity contribution is 0.550. The number of hydrogen-bond donors (Lipinski definition) is 2. The zero-order chi connectivity index (χ0) is 14.0. The molecular formula is C12H10BrCl2FN2S. The average molecular weight is 384 g/mol. The van der Waals surface area contributed by atoms with Crippen molar-refractivity contribution in [1.82, 2.24) is 5.43 Å². The minimum atomic E-state index is -0.297. The van der Waals surface area contributed by atoms with Crippen molar-refractivity contribution in [1.29, 1.82) is 0 Å². The van der Waals surface area contributed by atoms with Crippen molar-refractivity contribution < 1.29 is 4.39 Å². The van der Waals surface area contributed by atoms with Gasteiger partial charge in [-0.25, -0.2) is 4.39 Å². The molecule has 0 amide bonds. The normalized spacial score (nSPS) is 12.7. The maximum Gasteiger partial charge on any atom is 0.124 e. The molecule has 7 heteroatoms. The molecule has 0 saturated heterocycles. The third kappa shape index (κ3) is 3.90. The Morgan fingerprint density at radius 2 is 2.05 bits per heavy atom. The molecule has 0 aliphatic carbocycles. The number of halogens is 4. The highest BCUT2D eigenvalue weighted by atomic mass is 79.9. The highest BCUT2D eigenvalue weighted by Gasteiger charge is 2.17. The van der Waals surface area contributed by atoms with Gasteiger partial charge in [0, 0.05) is 10.0 Å². The maximum absolute atomic E-state index is 13.3. The van der Waals surface area contributed by atoms with Gasteiger partial charge < -0.3 is 0 Å². The van der Waals surface area contributed by atoms with Gasteiger partial charge in [0.15, 0.2) is 0 Å². The minimum Gasteiger partial charge on any atom is -0.271 e. The van der Waals surface area contributed by atoms with E-state index in [-0.39, 0.29) is 11.9 Å². The molecule has 0 saturated carbocycles. The lowest BCUT2D eigenvalue weighted by Gasteiger charge is -2.15. The molecule has 1 aromatic heterocycles. The second kappa shape index (κ2) is 6.52. The molecule has 1 aromatic carbocycles. The average Bonchev–Trinajstić information content (AvgIpc) is 2.64. The Morgan fingerprint density at radius 1 is 1.32 bits per heavy atom. The van der Waals surface area contributed by atoms with Gasteiger partial charge in [-0.2, -0.15) is 0 Å². The number of hydrazine groups is 1. The summed E-state index contributed by atoms with van der Waals surface area (Å²) in [6, 6.07) is 6.27. The van der Waals surface area contributed by atoms with Crippen molar-refractivity contribution in [2.75, 3.05) is 0 Å². The fraction of sp³-hybridized carbons (Fsp3) is 0.167. The molecule has 2 rings (SSSR count). The first-order valence-corrected chi connectivity index (χ1v) is 7.72. The van der Waals surface area contributed by atoms with Crippen LogP contribution in [0.3, 0.4) is 0 Å². The Kier molecular flexibility index (Phi) is 5.22. The van der Waals surface area contributed by atoms with Crippen LogP contribution < -0.4 is 11.3 Å². The van der Waals surface area contributed by atoms with E-state index >= 15 is 0 Å². The van der Waals surface area contributed by atoms with E-state index in [9.17, 15) is 4.39 Å². The second-order valence-corrected chi connectivity index (χ2v) is 7.18. The molecule has 0 aliphatic rings. The van der Waals surface area contributed by atoms with Gasteiger partial charge >= 0.3 is 0 Å². The van der Waals surface area contributed by atoms with Crippen LogP contribution in [-0.2, 0) is 6.42 Å². The maximum atomic E-state index is 13.3. The van der Waals surface area contributed by atoms with Gasteiger partial charge in [-0.15, -0.1) is 11.3 Å².